The summed E-state index contributed by atoms with van der Waals surface area (Å²) in [6, 6.07) is 58.9. The van der Waals surface area contributed by atoms with Crippen molar-refractivity contribution in [3.63, 3.8) is 0 Å². The van der Waals surface area contributed by atoms with Gasteiger partial charge in [-0.25, -0.2) is 0 Å². The molecule has 0 spiro atoms. The van der Waals surface area contributed by atoms with Gasteiger partial charge < -0.3 is 9.47 Å². The Morgan fingerprint density at radius 2 is 1.11 bits per heavy atom. The minimum atomic E-state index is -0.192. The van der Waals surface area contributed by atoms with E-state index in [0.29, 0.717) is 0 Å². The Hall–Kier alpha value is -5.90. The van der Waals surface area contributed by atoms with Crippen molar-refractivity contribution in [1.29, 1.82) is 0 Å². The van der Waals surface area contributed by atoms with Crippen molar-refractivity contribution in [1.82, 2.24) is 4.57 Å². The van der Waals surface area contributed by atoms with Gasteiger partial charge in [-0.2, -0.15) is 0 Å². The van der Waals surface area contributed by atoms with E-state index in [1.54, 1.807) is 0 Å². The predicted molar refractivity (Wildman–Crippen MR) is 226 cm³/mol. The third-order valence-corrected chi connectivity index (χ3v) is 13.3. The molecule has 254 valence electrons. The SMILES string of the molecule is CC1(C)c2ccccc2-c2ccc(N3c4ccccc4C(C)(C)c4cc(-c5ccc6c(c5)c5c7ccccc7sc5n6-c5ccccc5)ccc43)cc21. The van der Waals surface area contributed by atoms with E-state index in [1.807, 2.05) is 11.3 Å². The lowest BCUT2D eigenvalue weighted by Crippen LogP contribution is -2.30. The number of hydrogen-bond donors (Lipinski definition) is 0. The molecule has 1 aliphatic carbocycles. The van der Waals surface area contributed by atoms with Crippen LogP contribution in [0.4, 0.5) is 17.1 Å². The molecule has 7 aromatic carbocycles. The topological polar surface area (TPSA) is 8.17 Å². The number of benzene rings is 7. The third kappa shape index (κ3) is 4.20. The second-order valence-electron chi connectivity index (χ2n) is 15.8. The van der Waals surface area contributed by atoms with Gasteiger partial charge >= 0.3 is 0 Å². The molecule has 0 atom stereocenters. The van der Waals surface area contributed by atoms with Crippen LogP contribution in [-0.2, 0) is 10.8 Å². The van der Waals surface area contributed by atoms with Crippen molar-refractivity contribution in [2.75, 3.05) is 4.90 Å². The van der Waals surface area contributed by atoms with Gasteiger partial charge in [0.25, 0.3) is 0 Å². The van der Waals surface area contributed by atoms with Crippen LogP contribution in [0.25, 0.3) is 59.1 Å². The van der Waals surface area contributed by atoms with E-state index in [1.165, 1.54) is 98.5 Å². The number of hydrogen-bond acceptors (Lipinski definition) is 2. The number of rotatable bonds is 3. The van der Waals surface area contributed by atoms with E-state index in [2.05, 4.69) is 195 Å². The Kier molecular flexibility index (Phi) is 6.27. The molecule has 3 heteroatoms. The summed E-state index contributed by atoms with van der Waals surface area (Å²) in [6.07, 6.45) is 0. The molecule has 0 unspecified atom stereocenters. The highest BCUT2D eigenvalue weighted by Crippen LogP contribution is 2.55. The molecule has 1 aliphatic heterocycles. The van der Waals surface area contributed by atoms with Gasteiger partial charge in [0.1, 0.15) is 4.83 Å². The first kappa shape index (κ1) is 30.7. The second kappa shape index (κ2) is 10.8. The molecule has 0 N–H and O–H groups in total. The molecule has 0 fully saturated rings. The zero-order valence-electron chi connectivity index (χ0n) is 30.3. The molecular formula is C50H38N2S. The van der Waals surface area contributed by atoms with Crippen LogP contribution in [0.15, 0.2) is 158 Å². The molecule has 11 rings (SSSR count). The first-order valence-corrected chi connectivity index (χ1v) is 19.4. The molecule has 0 bridgehead atoms. The summed E-state index contributed by atoms with van der Waals surface area (Å²) in [5.41, 5.74) is 16.5. The normalized spacial score (nSPS) is 15.1. The molecule has 2 aliphatic rings. The number of anilines is 3. The van der Waals surface area contributed by atoms with E-state index >= 15 is 0 Å². The minimum Gasteiger partial charge on any atom is -0.310 e. The van der Waals surface area contributed by atoms with Crippen molar-refractivity contribution in [3.8, 4) is 27.9 Å². The lowest BCUT2D eigenvalue weighted by atomic mass is 9.72. The average molecular weight is 699 g/mol. The molecule has 2 aromatic heterocycles. The average Bonchev–Trinajstić information content (AvgIpc) is 3.79. The van der Waals surface area contributed by atoms with Gasteiger partial charge in [-0.3, -0.25) is 0 Å². The van der Waals surface area contributed by atoms with Crippen LogP contribution < -0.4 is 4.90 Å². The highest BCUT2D eigenvalue weighted by Gasteiger charge is 2.39. The van der Waals surface area contributed by atoms with Gasteiger partial charge in [-0.05, 0) is 105 Å². The highest BCUT2D eigenvalue weighted by atomic mass is 32.1. The van der Waals surface area contributed by atoms with Gasteiger partial charge in [0.05, 0.1) is 16.9 Å². The van der Waals surface area contributed by atoms with Crippen molar-refractivity contribution >= 4 is 59.6 Å². The Bertz CT molecular complexity index is 2960. The lowest BCUT2D eigenvalue weighted by molar-refractivity contribution is 0.632. The maximum atomic E-state index is 2.50. The van der Waals surface area contributed by atoms with Crippen LogP contribution >= 0.6 is 11.3 Å². The Morgan fingerprint density at radius 3 is 1.98 bits per heavy atom. The monoisotopic (exact) mass is 698 g/mol. The molecule has 9 aromatic rings. The van der Waals surface area contributed by atoms with Crippen LogP contribution in [0.3, 0.4) is 0 Å². The van der Waals surface area contributed by atoms with Crippen LogP contribution in [0, 0.1) is 0 Å². The number of aromatic nitrogens is 1. The summed E-state index contributed by atoms with van der Waals surface area (Å²) in [7, 11) is 0. The van der Waals surface area contributed by atoms with Crippen LogP contribution in [0.5, 0.6) is 0 Å². The smallest absolute Gasteiger partial charge is 0.109 e. The van der Waals surface area contributed by atoms with E-state index in [4.69, 9.17) is 0 Å². The maximum absolute atomic E-state index is 2.50. The summed E-state index contributed by atoms with van der Waals surface area (Å²) < 4.78 is 3.77. The van der Waals surface area contributed by atoms with Crippen molar-refractivity contribution in [2.24, 2.45) is 0 Å². The van der Waals surface area contributed by atoms with Crippen LogP contribution in [-0.4, -0.2) is 4.57 Å². The Morgan fingerprint density at radius 1 is 0.453 bits per heavy atom. The van der Waals surface area contributed by atoms with Gasteiger partial charge in [0, 0.05) is 43.1 Å². The van der Waals surface area contributed by atoms with Crippen LogP contribution in [0.1, 0.15) is 49.9 Å². The molecule has 0 saturated heterocycles. The summed E-state index contributed by atoms with van der Waals surface area (Å²) in [5, 5.41) is 3.96. The van der Waals surface area contributed by atoms with Gasteiger partial charge in [0.2, 0.25) is 0 Å². The predicted octanol–water partition coefficient (Wildman–Crippen LogP) is 14.1. The minimum absolute atomic E-state index is 0.0689. The summed E-state index contributed by atoms with van der Waals surface area (Å²) in [5.74, 6) is 0. The number of thiophene rings is 1. The van der Waals surface area contributed by atoms with E-state index < -0.39 is 0 Å². The van der Waals surface area contributed by atoms with E-state index in [9.17, 15) is 0 Å². The number of para-hydroxylation sites is 2. The fraction of sp³-hybridized carbons (Fsp3) is 0.120. The van der Waals surface area contributed by atoms with E-state index in [0.717, 1.165) is 0 Å². The maximum Gasteiger partial charge on any atom is 0.109 e. The largest absolute Gasteiger partial charge is 0.310 e. The molecule has 2 nitrogen and oxygen atoms in total. The van der Waals surface area contributed by atoms with Crippen LogP contribution in [0.2, 0.25) is 0 Å². The zero-order valence-corrected chi connectivity index (χ0v) is 31.1. The van der Waals surface area contributed by atoms with Crippen molar-refractivity contribution < 1.29 is 0 Å². The fourth-order valence-electron chi connectivity index (χ4n) is 9.50. The molecule has 53 heavy (non-hydrogen) atoms. The molecule has 0 saturated carbocycles. The standard InChI is InChI=1S/C50H38N2S/c1-49(2)39-18-10-8-16-35(39)36-25-24-34(30-41(36)49)51-44-20-12-11-19-40(44)50(3,4)42-29-32(23-27-45(42)51)31-22-26-43-38(28-31)47-37-17-9-13-21-46(37)53-48(47)52(43)33-14-6-5-7-15-33/h5-30H,1-4H3. The highest BCUT2D eigenvalue weighted by molar-refractivity contribution is 7.25. The Labute approximate surface area is 314 Å². The molecule has 3 heterocycles. The van der Waals surface area contributed by atoms with Gasteiger partial charge in [-0.1, -0.05) is 125 Å². The van der Waals surface area contributed by atoms with Crippen molar-refractivity contribution in [3.05, 3.63) is 180 Å². The summed E-state index contributed by atoms with van der Waals surface area (Å²) >= 11 is 1.88. The molecule has 0 radical (unpaired) electrons. The first-order chi connectivity index (χ1) is 25.8. The second-order valence-corrected chi connectivity index (χ2v) is 16.8. The van der Waals surface area contributed by atoms with Gasteiger partial charge in [-0.15, -0.1) is 11.3 Å². The molecular weight excluding hydrogens is 661 g/mol. The summed E-state index contributed by atoms with van der Waals surface area (Å²) in [6.45, 7) is 9.51. The van der Waals surface area contributed by atoms with E-state index in [-0.39, 0.29) is 10.8 Å². The third-order valence-electron chi connectivity index (χ3n) is 12.2. The summed E-state index contributed by atoms with van der Waals surface area (Å²) in [4.78, 5) is 3.80. The Balaban J connectivity index is 1.10. The van der Waals surface area contributed by atoms with Gasteiger partial charge in [0.15, 0.2) is 0 Å². The number of nitrogens with zero attached hydrogens (tertiary/aromatic N) is 2. The zero-order chi connectivity index (χ0) is 35.6. The fourth-order valence-corrected chi connectivity index (χ4v) is 10.7. The number of fused-ring (bicyclic) bond motifs is 10. The lowest BCUT2D eigenvalue weighted by Gasteiger charge is -2.42. The quantitative estimate of drug-likeness (QED) is 0.178. The van der Waals surface area contributed by atoms with Crippen molar-refractivity contribution in [2.45, 2.75) is 38.5 Å². The molecule has 0 amide bonds. The first-order valence-electron chi connectivity index (χ1n) is 18.6.